The van der Waals surface area contributed by atoms with E-state index in [9.17, 15) is 9.59 Å². The van der Waals surface area contributed by atoms with Gasteiger partial charge < -0.3 is 20.1 Å². The minimum atomic E-state index is -0.571. The van der Waals surface area contributed by atoms with Crippen LogP contribution in [0.1, 0.15) is 31.2 Å². The first kappa shape index (κ1) is 17.7. The zero-order valence-corrected chi connectivity index (χ0v) is 14.7. The lowest BCUT2D eigenvalue weighted by Gasteiger charge is -2.50. The molecule has 1 aromatic carbocycles. The molecule has 1 unspecified atom stereocenters. The van der Waals surface area contributed by atoms with Crippen LogP contribution in [-0.2, 0) is 14.3 Å². The van der Waals surface area contributed by atoms with Gasteiger partial charge in [0.05, 0.1) is 0 Å². The van der Waals surface area contributed by atoms with Crippen LogP contribution in [0.15, 0.2) is 24.3 Å². The van der Waals surface area contributed by atoms with Crippen molar-refractivity contribution in [2.24, 2.45) is 11.1 Å². The second-order valence-electron chi connectivity index (χ2n) is 7.08. The molecule has 2 saturated heterocycles. The lowest BCUT2D eigenvalue weighted by Crippen LogP contribution is -2.62. The van der Waals surface area contributed by atoms with Crippen LogP contribution in [0.3, 0.4) is 0 Å². The Bertz CT molecular complexity index is 635. The molecule has 6 heteroatoms. The molecule has 2 amide bonds. The topological polar surface area (TPSA) is 81.9 Å². The summed E-state index contributed by atoms with van der Waals surface area (Å²) in [6, 6.07) is 6.99. The molecular formula is C19H26N2O4. The minimum Gasteiger partial charge on any atom is -0.484 e. The van der Waals surface area contributed by atoms with Crippen LogP contribution >= 0.6 is 0 Å². The van der Waals surface area contributed by atoms with E-state index in [0.717, 1.165) is 31.2 Å². The van der Waals surface area contributed by atoms with Crippen molar-refractivity contribution in [3.05, 3.63) is 29.8 Å². The maximum absolute atomic E-state index is 12.8. The van der Waals surface area contributed by atoms with Gasteiger partial charge in [-0.3, -0.25) is 9.59 Å². The quantitative estimate of drug-likeness (QED) is 0.899. The predicted octanol–water partition coefficient (Wildman–Crippen LogP) is 1.65. The molecule has 2 fully saturated rings. The highest BCUT2D eigenvalue weighted by molar-refractivity contribution is 5.88. The van der Waals surface area contributed by atoms with Crippen molar-refractivity contribution in [1.29, 1.82) is 0 Å². The molecule has 0 bridgehead atoms. The summed E-state index contributed by atoms with van der Waals surface area (Å²) in [6.45, 7) is 3.67. The van der Waals surface area contributed by atoms with E-state index < -0.39 is 11.9 Å². The fraction of sp³-hybridized carbons (Fsp3) is 0.579. The second kappa shape index (κ2) is 7.44. The van der Waals surface area contributed by atoms with Gasteiger partial charge in [0.25, 0.3) is 5.91 Å². The number of amides is 2. The third-order valence-electron chi connectivity index (χ3n) is 5.40. The van der Waals surface area contributed by atoms with Gasteiger partial charge in [0.15, 0.2) is 6.61 Å². The number of carbonyl (C=O) groups is 2. The number of rotatable bonds is 4. The van der Waals surface area contributed by atoms with E-state index in [-0.39, 0.29) is 17.9 Å². The highest BCUT2D eigenvalue weighted by Crippen LogP contribution is 2.44. The number of hydrogen-bond acceptors (Lipinski definition) is 4. The average Bonchev–Trinajstić information content (AvgIpc) is 2.60. The fourth-order valence-electron chi connectivity index (χ4n) is 4.16. The lowest BCUT2D eigenvalue weighted by molar-refractivity contribution is -0.154. The highest BCUT2D eigenvalue weighted by Gasteiger charge is 2.49. The van der Waals surface area contributed by atoms with Crippen molar-refractivity contribution in [3.8, 4) is 5.75 Å². The van der Waals surface area contributed by atoms with Crippen LogP contribution in [0.5, 0.6) is 5.75 Å². The third kappa shape index (κ3) is 3.79. The number of aryl methyl sites for hydroxylation is 1. The first-order valence-electron chi connectivity index (χ1n) is 8.88. The number of benzene rings is 1. The Labute approximate surface area is 148 Å². The zero-order valence-electron chi connectivity index (χ0n) is 14.7. The normalized spacial score (nSPS) is 22.6. The molecule has 0 saturated carbocycles. The van der Waals surface area contributed by atoms with Gasteiger partial charge in [-0.2, -0.15) is 0 Å². The Morgan fingerprint density at radius 3 is 2.76 bits per heavy atom. The Morgan fingerprint density at radius 1 is 1.32 bits per heavy atom. The van der Waals surface area contributed by atoms with Crippen molar-refractivity contribution in [1.82, 2.24) is 4.90 Å². The maximum Gasteiger partial charge on any atom is 0.261 e. The monoisotopic (exact) mass is 346 g/mol. The van der Waals surface area contributed by atoms with E-state index in [4.69, 9.17) is 15.2 Å². The van der Waals surface area contributed by atoms with E-state index in [1.54, 1.807) is 4.90 Å². The molecule has 25 heavy (non-hydrogen) atoms. The van der Waals surface area contributed by atoms with E-state index in [0.29, 0.717) is 25.5 Å². The van der Waals surface area contributed by atoms with Crippen molar-refractivity contribution in [3.63, 3.8) is 0 Å². The summed E-state index contributed by atoms with van der Waals surface area (Å²) in [6.07, 6.45) is 3.32. The first-order valence-corrected chi connectivity index (χ1v) is 8.88. The number of likely N-dealkylation sites (tertiary alicyclic amines) is 1. The van der Waals surface area contributed by atoms with Crippen molar-refractivity contribution in [2.45, 2.75) is 38.6 Å². The minimum absolute atomic E-state index is 0.0835. The fourth-order valence-corrected chi connectivity index (χ4v) is 4.16. The first-order chi connectivity index (χ1) is 12.0. The molecular weight excluding hydrogens is 320 g/mol. The Kier molecular flexibility index (Phi) is 5.27. The lowest BCUT2D eigenvalue weighted by atomic mass is 9.67. The van der Waals surface area contributed by atoms with Gasteiger partial charge in [0.2, 0.25) is 5.91 Å². The summed E-state index contributed by atoms with van der Waals surface area (Å²) < 4.78 is 11.1. The summed E-state index contributed by atoms with van der Waals surface area (Å²) in [5.41, 5.74) is 6.53. The molecule has 1 spiro atoms. The van der Waals surface area contributed by atoms with Gasteiger partial charge in [-0.05, 0) is 50.3 Å². The predicted molar refractivity (Wildman–Crippen MR) is 93.1 cm³/mol. The Hall–Kier alpha value is -2.08. The van der Waals surface area contributed by atoms with E-state index in [1.807, 2.05) is 31.2 Å². The molecule has 2 aliphatic heterocycles. The van der Waals surface area contributed by atoms with Crippen molar-refractivity contribution >= 4 is 11.8 Å². The van der Waals surface area contributed by atoms with Crippen LogP contribution in [0.4, 0.5) is 0 Å². The zero-order chi connectivity index (χ0) is 17.9. The summed E-state index contributed by atoms with van der Waals surface area (Å²) in [4.78, 5) is 26.6. The van der Waals surface area contributed by atoms with Crippen LogP contribution in [0.25, 0.3) is 0 Å². The highest BCUT2D eigenvalue weighted by atomic mass is 16.5. The standard InChI is InChI=1S/C19H26N2O4/c1-14-4-2-5-15(12-14)25-13-16(22)21-9-3-6-19(17(21)18(20)23)7-10-24-11-8-19/h2,4-5,12,17H,3,6-11,13H2,1H3,(H2,20,23). The molecule has 2 aliphatic rings. The Balaban J connectivity index is 1.72. The number of ether oxygens (including phenoxy) is 2. The number of primary amides is 1. The van der Waals surface area contributed by atoms with Crippen molar-refractivity contribution < 1.29 is 19.1 Å². The van der Waals surface area contributed by atoms with Crippen molar-refractivity contribution in [2.75, 3.05) is 26.4 Å². The molecule has 2 heterocycles. The van der Waals surface area contributed by atoms with E-state index in [2.05, 4.69) is 0 Å². The van der Waals surface area contributed by atoms with Crippen LogP contribution in [0.2, 0.25) is 0 Å². The average molecular weight is 346 g/mol. The van der Waals surface area contributed by atoms with Crippen LogP contribution in [-0.4, -0.2) is 49.1 Å². The number of hydrogen-bond donors (Lipinski definition) is 1. The molecule has 0 aromatic heterocycles. The largest absolute Gasteiger partial charge is 0.484 e. The summed E-state index contributed by atoms with van der Waals surface area (Å²) in [5, 5.41) is 0. The number of nitrogens with zero attached hydrogens (tertiary/aromatic N) is 1. The van der Waals surface area contributed by atoms with E-state index in [1.165, 1.54) is 0 Å². The van der Waals surface area contributed by atoms with Gasteiger partial charge >= 0.3 is 0 Å². The molecule has 1 atom stereocenters. The molecule has 1 aromatic rings. The second-order valence-corrected chi connectivity index (χ2v) is 7.08. The molecule has 0 radical (unpaired) electrons. The molecule has 3 rings (SSSR count). The molecule has 6 nitrogen and oxygen atoms in total. The number of carbonyl (C=O) groups excluding carboxylic acids is 2. The molecule has 2 N–H and O–H groups in total. The summed E-state index contributed by atoms with van der Waals surface area (Å²) in [5.74, 6) is 0.0446. The van der Waals surface area contributed by atoms with Gasteiger partial charge in [-0.15, -0.1) is 0 Å². The van der Waals surface area contributed by atoms with E-state index >= 15 is 0 Å². The van der Waals surface area contributed by atoms with Gasteiger partial charge in [-0.25, -0.2) is 0 Å². The van der Waals surface area contributed by atoms with Gasteiger partial charge in [0.1, 0.15) is 11.8 Å². The van der Waals surface area contributed by atoms with Crippen LogP contribution in [0, 0.1) is 12.3 Å². The van der Waals surface area contributed by atoms with Gasteiger partial charge in [-0.1, -0.05) is 12.1 Å². The number of piperidine rings is 1. The Morgan fingerprint density at radius 2 is 2.08 bits per heavy atom. The molecule has 0 aliphatic carbocycles. The van der Waals surface area contributed by atoms with Gasteiger partial charge in [0, 0.05) is 25.2 Å². The maximum atomic E-state index is 12.8. The van der Waals surface area contributed by atoms with Crippen LogP contribution < -0.4 is 10.5 Å². The smallest absolute Gasteiger partial charge is 0.261 e. The summed E-state index contributed by atoms with van der Waals surface area (Å²) in [7, 11) is 0. The molecule has 136 valence electrons. The SMILES string of the molecule is Cc1cccc(OCC(=O)N2CCCC3(CCOCC3)C2C(N)=O)c1. The third-order valence-corrected chi connectivity index (χ3v) is 5.40. The number of nitrogens with two attached hydrogens (primary N) is 1. The summed E-state index contributed by atoms with van der Waals surface area (Å²) >= 11 is 0.